The summed E-state index contributed by atoms with van der Waals surface area (Å²) >= 11 is 0. The first-order valence-corrected chi connectivity index (χ1v) is 13.4. The fourth-order valence-electron chi connectivity index (χ4n) is 4.62. The van der Waals surface area contributed by atoms with Gasteiger partial charge in [0.05, 0.1) is 29.3 Å². The Morgan fingerprint density at radius 2 is 1.76 bits per heavy atom. The molecule has 0 bridgehead atoms. The molecule has 2 aliphatic rings. The number of amides is 3. The van der Waals surface area contributed by atoms with E-state index < -0.39 is 21.7 Å². The van der Waals surface area contributed by atoms with E-state index in [0.29, 0.717) is 5.56 Å². The van der Waals surface area contributed by atoms with Crippen LogP contribution < -0.4 is 5.32 Å². The van der Waals surface area contributed by atoms with Gasteiger partial charge in [-0.05, 0) is 28.8 Å². The first kappa shape index (κ1) is 24.4. The first-order valence-electron chi connectivity index (χ1n) is 11.6. The minimum atomic E-state index is -3.16. The summed E-state index contributed by atoms with van der Waals surface area (Å²) in [6.07, 6.45) is 1.92. The molecule has 0 unspecified atom stereocenters. The predicted octanol–water partition coefficient (Wildman–Crippen LogP) is 1.60. The van der Waals surface area contributed by atoms with Gasteiger partial charge in [0.2, 0.25) is 0 Å². The van der Waals surface area contributed by atoms with Crippen molar-refractivity contribution in [2.75, 3.05) is 24.6 Å². The van der Waals surface area contributed by atoms with Gasteiger partial charge in [-0.15, -0.1) is 0 Å². The Bertz CT molecular complexity index is 1610. The highest BCUT2D eigenvalue weighted by molar-refractivity contribution is 7.91. The van der Waals surface area contributed by atoms with Gasteiger partial charge in [-0.3, -0.25) is 24.0 Å². The lowest BCUT2D eigenvalue weighted by molar-refractivity contribution is -0.129. The summed E-state index contributed by atoms with van der Waals surface area (Å²) in [4.78, 5) is 41.3. The molecule has 0 aliphatic carbocycles. The number of rotatable bonds is 5. The summed E-state index contributed by atoms with van der Waals surface area (Å²) in [5.41, 5.74) is 3.49. The predicted molar refractivity (Wildman–Crippen MR) is 138 cm³/mol. The van der Waals surface area contributed by atoms with Gasteiger partial charge in [0, 0.05) is 37.3 Å². The van der Waals surface area contributed by atoms with Crippen molar-refractivity contribution in [3.05, 3.63) is 78.3 Å². The standard InChI is InChI=1S/C26H25N5O5S/c1-16(25(33)30-9-11-37(35,36)12-10-30)27-24(32)17(2)31-15-22-20(5-4-6-21(22)26(31)34)18-7-8-19-14-29(3)28-23(19)13-18/h4-8,13-14H,1-2,9-12,15H2,3H3,(H,27,32). The lowest BCUT2D eigenvalue weighted by atomic mass is 9.96. The molecular formula is C26H25N5O5S. The molecule has 3 amide bonds. The Labute approximate surface area is 213 Å². The molecule has 2 aliphatic heterocycles. The number of hydrogen-bond donors (Lipinski definition) is 1. The zero-order valence-corrected chi connectivity index (χ0v) is 21.0. The van der Waals surface area contributed by atoms with E-state index in [9.17, 15) is 22.8 Å². The number of carbonyl (C=O) groups excluding carboxylic acids is 3. The van der Waals surface area contributed by atoms with Crippen molar-refractivity contribution >= 4 is 38.5 Å². The second kappa shape index (κ2) is 9.00. The minimum absolute atomic E-state index is 0.0317. The van der Waals surface area contributed by atoms with Gasteiger partial charge < -0.3 is 10.2 Å². The number of nitrogens with zero attached hydrogens (tertiary/aromatic N) is 4. The molecule has 1 aromatic heterocycles. The van der Waals surface area contributed by atoms with Crippen LogP contribution in [0.3, 0.4) is 0 Å². The molecule has 1 fully saturated rings. The molecule has 1 saturated heterocycles. The van der Waals surface area contributed by atoms with Crippen molar-refractivity contribution in [1.29, 1.82) is 0 Å². The van der Waals surface area contributed by atoms with Crippen LogP contribution in [0.1, 0.15) is 15.9 Å². The van der Waals surface area contributed by atoms with Crippen LogP contribution in [0, 0.1) is 0 Å². The number of carbonyl (C=O) groups is 3. The number of aryl methyl sites for hydroxylation is 1. The number of benzene rings is 2. The fraction of sp³-hybridized carbons (Fsp3) is 0.231. The zero-order chi connectivity index (χ0) is 26.5. The van der Waals surface area contributed by atoms with Crippen LogP contribution in [0.2, 0.25) is 0 Å². The van der Waals surface area contributed by atoms with Gasteiger partial charge >= 0.3 is 0 Å². The maximum absolute atomic E-state index is 13.2. The molecule has 190 valence electrons. The third-order valence-electron chi connectivity index (χ3n) is 6.64. The molecule has 0 atom stereocenters. The van der Waals surface area contributed by atoms with Gasteiger partial charge in [0.1, 0.15) is 5.70 Å². The lowest BCUT2D eigenvalue weighted by Gasteiger charge is -2.27. The van der Waals surface area contributed by atoms with E-state index in [-0.39, 0.29) is 48.4 Å². The van der Waals surface area contributed by atoms with Gasteiger partial charge in [0.25, 0.3) is 17.7 Å². The zero-order valence-electron chi connectivity index (χ0n) is 20.2. The van der Waals surface area contributed by atoms with Crippen molar-refractivity contribution in [3.63, 3.8) is 0 Å². The largest absolute Gasteiger partial charge is 0.335 e. The number of fused-ring (bicyclic) bond motifs is 2. The summed E-state index contributed by atoms with van der Waals surface area (Å²) in [6, 6.07) is 11.3. The van der Waals surface area contributed by atoms with Crippen molar-refractivity contribution < 1.29 is 22.8 Å². The van der Waals surface area contributed by atoms with Crippen LogP contribution in [0.4, 0.5) is 0 Å². The summed E-state index contributed by atoms with van der Waals surface area (Å²) in [6.45, 7) is 7.63. The van der Waals surface area contributed by atoms with Crippen LogP contribution in [-0.2, 0) is 33.0 Å². The molecule has 2 aromatic carbocycles. The second-order valence-corrected chi connectivity index (χ2v) is 11.4. The number of aromatic nitrogens is 2. The smallest absolute Gasteiger partial charge is 0.271 e. The summed E-state index contributed by atoms with van der Waals surface area (Å²) in [5.74, 6) is -1.94. The van der Waals surface area contributed by atoms with E-state index in [1.165, 1.54) is 9.80 Å². The van der Waals surface area contributed by atoms with Crippen molar-refractivity contribution in [1.82, 2.24) is 24.9 Å². The van der Waals surface area contributed by atoms with Gasteiger partial charge in [-0.25, -0.2) is 8.42 Å². The van der Waals surface area contributed by atoms with E-state index in [4.69, 9.17) is 0 Å². The van der Waals surface area contributed by atoms with Gasteiger partial charge in [-0.1, -0.05) is 37.4 Å². The lowest BCUT2D eigenvalue weighted by Crippen LogP contribution is -2.47. The molecule has 10 nitrogen and oxygen atoms in total. The highest BCUT2D eigenvalue weighted by Gasteiger charge is 2.34. The summed E-state index contributed by atoms with van der Waals surface area (Å²) < 4.78 is 25.0. The molecule has 0 spiro atoms. The molecule has 0 saturated carbocycles. The van der Waals surface area contributed by atoms with Crippen LogP contribution in [0.15, 0.2) is 67.1 Å². The van der Waals surface area contributed by atoms with Crippen LogP contribution in [0.5, 0.6) is 0 Å². The number of nitrogens with one attached hydrogen (secondary N) is 1. The van der Waals surface area contributed by atoms with E-state index >= 15 is 0 Å². The fourth-order valence-corrected chi connectivity index (χ4v) is 5.82. The molecule has 1 N–H and O–H groups in total. The van der Waals surface area contributed by atoms with Crippen LogP contribution in [0.25, 0.3) is 22.0 Å². The topological polar surface area (TPSA) is 122 Å². The Morgan fingerprint density at radius 1 is 1.05 bits per heavy atom. The molecule has 37 heavy (non-hydrogen) atoms. The third-order valence-corrected chi connectivity index (χ3v) is 8.25. The van der Waals surface area contributed by atoms with Gasteiger partial charge in [-0.2, -0.15) is 5.10 Å². The second-order valence-electron chi connectivity index (χ2n) is 9.12. The van der Waals surface area contributed by atoms with E-state index in [0.717, 1.165) is 27.6 Å². The average molecular weight is 520 g/mol. The Balaban J connectivity index is 1.31. The average Bonchev–Trinajstić information content (AvgIpc) is 3.41. The highest BCUT2D eigenvalue weighted by atomic mass is 32.2. The summed E-state index contributed by atoms with van der Waals surface area (Å²) in [7, 11) is -1.31. The van der Waals surface area contributed by atoms with Crippen LogP contribution >= 0.6 is 0 Å². The molecule has 11 heteroatoms. The van der Waals surface area contributed by atoms with E-state index in [2.05, 4.69) is 23.6 Å². The van der Waals surface area contributed by atoms with Gasteiger partial charge in [0.15, 0.2) is 9.84 Å². The number of hydrogen-bond acceptors (Lipinski definition) is 6. The third kappa shape index (κ3) is 4.53. The molecule has 0 radical (unpaired) electrons. The van der Waals surface area contributed by atoms with Crippen LogP contribution in [-0.4, -0.2) is 70.3 Å². The SMILES string of the molecule is C=C(NC(=O)C(=C)N1Cc2c(cccc2-c2ccc3cn(C)nc3c2)C1=O)C(=O)N1CCS(=O)(=O)CC1. The molecule has 3 aromatic rings. The monoisotopic (exact) mass is 519 g/mol. The summed E-state index contributed by atoms with van der Waals surface area (Å²) in [5, 5.41) is 7.87. The molecule has 5 rings (SSSR count). The minimum Gasteiger partial charge on any atom is -0.335 e. The quantitative estimate of drug-likeness (QED) is 0.511. The van der Waals surface area contributed by atoms with Crippen molar-refractivity contribution in [2.24, 2.45) is 7.05 Å². The van der Waals surface area contributed by atoms with Crippen molar-refractivity contribution in [3.8, 4) is 11.1 Å². The Morgan fingerprint density at radius 3 is 2.49 bits per heavy atom. The van der Waals surface area contributed by atoms with E-state index in [1.807, 2.05) is 37.5 Å². The Kier molecular flexibility index (Phi) is 5.95. The Hall–Kier alpha value is -4.25. The number of sulfone groups is 1. The highest BCUT2D eigenvalue weighted by Crippen LogP contribution is 2.35. The maximum Gasteiger partial charge on any atom is 0.271 e. The molecule has 3 heterocycles. The van der Waals surface area contributed by atoms with E-state index in [1.54, 1.807) is 16.8 Å². The first-order chi connectivity index (χ1) is 17.5. The van der Waals surface area contributed by atoms with Crippen molar-refractivity contribution in [2.45, 2.75) is 6.54 Å². The molecular weight excluding hydrogens is 494 g/mol. The normalized spacial score (nSPS) is 16.5. The maximum atomic E-state index is 13.2.